The number of nitrogens with two attached hydrogens (primary N) is 5. The van der Waals surface area contributed by atoms with Crippen LogP contribution >= 0.6 is 12.6 Å². The zero-order valence-electron chi connectivity index (χ0n) is 84.2. The second-order valence-corrected chi connectivity index (χ2v) is 37.2. The fourth-order valence-electron chi connectivity index (χ4n) is 13.8. The molecule has 824 valence electrons. The number of thiol groups is 1. The Balaban J connectivity index is 6.75. The van der Waals surface area contributed by atoms with E-state index in [-0.39, 0.29) is 70.5 Å². The van der Waals surface area contributed by atoms with Crippen LogP contribution in [0.3, 0.4) is 0 Å². The minimum Gasteiger partial charge on any atom is -0.481 e. The van der Waals surface area contributed by atoms with Crippen molar-refractivity contribution in [2.45, 2.75) is 333 Å². The third-order valence-corrected chi connectivity index (χ3v) is 22.3. The van der Waals surface area contributed by atoms with E-state index in [9.17, 15) is 151 Å². The molecule has 0 heterocycles. The predicted molar refractivity (Wildman–Crippen MR) is 518 cm³/mol. The Morgan fingerprint density at radius 1 is 0.283 bits per heavy atom. The van der Waals surface area contributed by atoms with Crippen molar-refractivity contribution in [1.82, 2.24) is 101 Å². The van der Waals surface area contributed by atoms with Crippen LogP contribution in [0.1, 0.15) is 206 Å². The van der Waals surface area contributed by atoms with Crippen LogP contribution < -0.4 is 130 Å². The number of primary amides is 1. The fourth-order valence-corrected chi connectivity index (χ4v) is 14.0. The maximum atomic E-state index is 14.3. The smallest absolute Gasteiger partial charge is 0.326 e. The SMILES string of the molecule is CC(C)CC(NC(=O)C(CCC(=O)O)NC(=O)C(NC(=O)C(NC(=O)C(CC(=O)O)NC(=O)CNC(=O)C(CCCCN)NC(=O)C(CCCCN)NC(=O)CNC(=O)C(CC(C)C)NC(=O)C(NC(=O)C(NC(=O)C(CCCCN)NC(=O)C(N)CC(N)=O)C(C)C)C(C)C)C(C)O)C(C)C)C(=O)NC(C(=O)NC(CS)C(=O)NC(C(=O)NC(C)C(=O)NC(CO)C(=O)NC(CCC(=O)O)C(=O)O)C(C)O)C(C)O. The van der Waals surface area contributed by atoms with Crippen LogP contribution in [-0.2, 0) is 115 Å². The molecule has 0 aliphatic carbocycles. The molecule has 0 spiro atoms. The van der Waals surface area contributed by atoms with Crippen LogP contribution in [0.2, 0.25) is 0 Å². The summed E-state index contributed by atoms with van der Waals surface area (Å²) < 4.78 is 0. The Kier molecular flexibility index (Phi) is 62.6. The molecule has 20 amide bonds. The van der Waals surface area contributed by atoms with Gasteiger partial charge >= 0.3 is 23.9 Å². The Bertz CT molecular complexity index is 4360. The molecule has 21 unspecified atom stereocenters. The van der Waals surface area contributed by atoms with Crippen molar-refractivity contribution in [3.63, 3.8) is 0 Å². The Hall–Kier alpha value is -12.7. The number of carbonyl (C=O) groups excluding carboxylic acids is 20. The zero-order chi connectivity index (χ0) is 111. The van der Waals surface area contributed by atoms with Gasteiger partial charge < -0.3 is 171 Å². The highest BCUT2D eigenvalue weighted by Crippen LogP contribution is 2.17. The van der Waals surface area contributed by atoms with E-state index in [0.29, 0.717) is 25.7 Å². The molecule has 0 aliphatic rings. The molecule has 0 aromatic rings. The van der Waals surface area contributed by atoms with Gasteiger partial charge in [-0.25, -0.2) is 4.79 Å². The molecule has 37 N–H and O–H groups in total. The number of aliphatic carboxylic acids is 4. The summed E-state index contributed by atoms with van der Waals surface area (Å²) in [5, 5.41) is 125. The highest BCUT2D eigenvalue weighted by molar-refractivity contribution is 7.80. The lowest BCUT2D eigenvalue weighted by Gasteiger charge is -2.30. The molecule has 57 heteroatoms. The number of amides is 20. The van der Waals surface area contributed by atoms with Gasteiger partial charge in [-0.2, -0.15) is 12.6 Å². The highest BCUT2D eigenvalue weighted by atomic mass is 32.1. The Morgan fingerprint density at radius 2 is 0.559 bits per heavy atom. The van der Waals surface area contributed by atoms with Gasteiger partial charge in [0.25, 0.3) is 0 Å². The summed E-state index contributed by atoms with van der Waals surface area (Å²) in [5.41, 5.74) is 28.2. The maximum Gasteiger partial charge on any atom is 0.326 e. The number of rotatable bonds is 73. The molecule has 21 atom stereocenters. The third kappa shape index (κ3) is 51.6. The lowest BCUT2D eigenvalue weighted by Crippen LogP contribution is -2.63. The summed E-state index contributed by atoms with van der Waals surface area (Å²) in [6.07, 6.45) is -8.61. The van der Waals surface area contributed by atoms with Gasteiger partial charge in [0.05, 0.1) is 56.9 Å². The summed E-state index contributed by atoms with van der Waals surface area (Å²) in [4.78, 5) is 321. The van der Waals surface area contributed by atoms with E-state index >= 15 is 0 Å². The number of hydrogen-bond donors (Lipinski definition) is 33. The van der Waals surface area contributed by atoms with Crippen molar-refractivity contribution in [1.29, 1.82) is 0 Å². The Morgan fingerprint density at radius 3 is 0.938 bits per heavy atom. The van der Waals surface area contributed by atoms with Crippen molar-refractivity contribution in [2.24, 2.45) is 58.3 Å². The van der Waals surface area contributed by atoms with Gasteiger partial charge in [0.2, 0.25) is 118 Å². The first kappa shape index (κ1) is 132. The molecule has 0 radical (unpaired) electrons. The molecule has 0 fully saturated rings. The van der Waals surface area contributed by atoms with Crippen LogP contribution in [-0.4, -0.2) is 355 Å². The number of carboxylic acid groups (broad SMARTS) is 4. The van der Waals surface area contributed by atoms with Gasteiger partial charge in [0.1, 0.15) is 103 Å². The summed E-state index contributed by atoms with van der Waals surface area (Å²) in [6.45, 7) is 17.5. The quantitative estimate of drug-likeness (QED) is 0.0199. The summed E-state index contributed by atoms with van der Waals surface area (Å²) in [7, 11) is 0. The molecule has 0 saturated carbocycles. The molecule has 0 aromatic carbocycles. The number of unbranched alkanes of at least 4 members (excludes halogenated alkanes) is 3. The molecule has 0 bridgehead atoms. The first-order valence-corrected chi connectivity index (χ1v) is 48.3. The average molecular weight is 2090 g/mol. The first-order valence-electron chi connectivity index (χ1n) is 47.6. The monoisotopic (exact) mass is 2090 g/mol. The second kappa shape index (κ2) is 68.6. The van der Waals surface area contributed by atoms with Crippen LogP contribution in [0.15, 0.2) is 0 Å². The number of hydrogen-bond acceptors (Lipinski definition) is 33. The summed E-state index contributed by atoms with van der Waals surface area (Å²) >= 11 is 4.10. The van der Waals surface area contributed by atoms with Crippen molar-refractivity contribution < 1.29 is 156 Å². The molecular formula is C88H154N24O32S. The van der Waals surface area contributed by atoms with E-state index in [1.807, 2.05) is 5.32 Å². The Labute approximate surface area is 844 Å². The number of carbonyl (C=O) groups is 24. The summed E-state index contributed by atoms with van der Waals surface area (Å²) in [5.74, 6) is -31.7. The van der Waals surface area contributed by atoms with Gasteiger partial charge in [-0.15, -0.1) is 0 Å². The normalized spacial score (nSPS) is 15.6. The number of carboxylic acids is 4. The third-order valence-electron chi connectivity index (χ3n) is 21.9. The van der Waals surface area contributed by atoms with Crippen molar-refractivity contribution >= 4 is 155 Å². The van der Waals surface area contributed by atoms with E-state index in [4.69, 9.17) is 33.8 Å². The van der Waals surface area contributed by atoms with Crippen LogP contribution in [0.5, 0.6) is 0 Å². The van der Waals surface area contributed by atoms with Crippen LogP contribution in [0.25, 0.3) is 0 Å². The standard InChI is InChI=1S/C88H154N24O32S/c1-39(2)31-54(104-83(138)66(42(7)8)108-84(139)67(43(9)10)107-77(132)51(23-17-20-30-91)99-72(127)48(92)33-59(93)117)74(129)95-35-60(118)97-50(22-16-19-29-90)75(130)100-49(21-15-18-28-89)73(128)94-36-61(119)98-56(34-64(124)125)79(134)111-70(47(14)116)87(142)109-65(41(5)6)82(137)101-52(24-26-62(120)121)76(131)103-55(32-40(3)4)78(133)110-69(46(13)115)86(141)106-58(38-145)81(136)112-68(45(12)114)85(140)96-44(11)71(126)105-57(37-113)80(135)102-53(88(143)144)25-27-63(122)123/h39-58,65-70,113-116,145H,15-38,89-92H2,1-14H3,(H2,93,117)(H,94,128)(H,95,129)(H,96,140)(H,97,118)(H,98,119)(H,99,127)(H,100,130)(H,101,137)(H,102,135)(H,103,131)(H,104,138)(H,105,126)(H,106,141)(H,107,132)(H,108,139)(H,109,142)(H,110,133)(H,111,134)(H,112,136)(H,120,121)(H,122,123)(H,124,125)(H,143,144). The largest absolute Gasteiger partial charge is 0.481 e. The lowest BCUT2D eigenvalue weighted by molar-refractivity contribution is -0.144. The van der Waals surface area contributed by atoms with E-state index in [1.54, 1.807) is 55.4 Å². The lowest BCUT2D eigenvalue weighted by atomic mass is 9.97. The first-order chi connectivity index (χ1) is 67.6. The van der Waals surface area contributed by atoms with Crippen LogP contribution in [0, 0.1) is 29.6 Å². The van der Waals surface area contributed by atoms with Gasteiger partial charge in [-0.3, -0.25) is 110 Å². The van der Waals surface area contributed by atoms with Crippen LogP contribution in [0.4, 0.5) is 0 Å². The highest BCUT2D eigenvalue weighted by Gasteiger charge is 2.42. The number of aliphatic hydroxyl groups is 4. The number of nitrogens with one attached hydrogen (secondary N) is 19. The minimum atomic E-state index is -2.11. The topological polar surface area (TPSA) is 930 Å². The van der Waals surface area contributed by atoms with Crippen molar-refractivity contribution in [2.75, 3.05) is 45.1 Å². The van der Waals surface area contributed by atoms with E-state index in [2.05, 4.69) is 108 Å². The molecule has 0 rings (SSSR count). The van der Waals surface area contributed by atoms with E-state index in [1.165, 1.54) is 13.8 Å². The summed E-state index contributed by atoms with van der Waals surface area (Å²) in [6, 6.07) is -30.0. The maximum absolute atomic E-state index is 14.3. The molecule has 56 nitrogen and oxygen atoms in total. The van der Waals surface area contributed by atoms with Gasteiger partial charge in [-0.1, -0.05) is 69.2 Å². The fraction of sp³-hybridized carbons (Fsp3) is 0.727. The van der Waals surface area contributed by atoms with Gasteiger partial charge in [-0.05, 0) is 160 Å². The molecule has 0 saturated heterocycles. The van der Waals surface area contributed by atoms with Gasteiger partial charge in [0.15, 0.2) is 0 Å². The van der Waals surface area contributed by atoms with E-state index < -0.39 is 357 Å². The minimum absolute atomic E-state index is 0.00424. The molecule has 0 aromatic heterocycles. The second-order valence-electron chi connectivity index (χ2n) is 36.8. The number of aliphatic hydroxyl groups excluding tert-OH is 4. The molecular weight excluding hydrogens is 1940 g/mol. The van der Waals surface area contributed by atoms with Gasteiger partial charge in [0, 0.05) is 18.6 Å². The molecule has 0 aliphatic heterocycles. The van der Waals surface area contributed by atoms with Crippen molar-refractivity contribution in [3.8, 4) is 0 Å². The average Bonchev–Trinajstić information content (AvgIpc) is 0.857. The predicted octanol–water partition coefficient (Wildman–Crippen LogP) is -11.5. The molecule has 145 heavy (non-hydrogen) atoms. The van der Waals surface area contributed by atoms with Crippen molar-refractivity contribution in [3.05, 3.63) is 0 Å². The van der Waals surface area contributed by atoms with E-state index in [0.717, 1.165) is 27.7 Å². The zero-order valence-corrected chi connectivity index (χ0v) is 85.1.